The fraction of sp³-hybridized carbons (Fsp3) is 0. The summed E-state index contributed by atoms with van der Waals surface area (Å²) in [6, 6.07) is 158. The van der Waals surface area contributed by atoms with Crippen molar-refractivity contribution in [3.05, 3.63) is 425 Å². The topological polar surface area (TPSA) is 19.7 Å². The smallest absolute Gasteiger partial charge is 0.241 e. The molecule has 0 atom stereocenters. The molecule has 0 aliphatic carbocycles. The first kappa shape index (κ1) is 64.6. The van der Waals surface area contributed by atoms with Gasteiger partial charge in [0.15, 0.2) is 0 Å². The first-order valence-corrected chi connectivity index (χ1v) is 38.3. The lowest BCUT2D eigenvalue weighted by Crippen LogP contribution is -2.51. The average molecular weight is 1390 g/mol. The van der Waals surface area contributed by atoms with Crippen molar-refractivity contribution < 1.29 is 0 Å². The van der Waals surface area contributed by atoms with Crippen LogP contribution in [0.3, 0.4) is 0 Å². The molecule has 0 aliphatic heterocycles. The second-order valence-electron chi connectivity index (χ2n) is 29.4. The Bertz CT molecular complexity index is 6440. The van der Waals surface area contributed by atoms with Crippen LogP contribution in [0.25, 0.3) is 110 Å². The second-order valence-corrected chi connectivity index (χ2v) is 29.4. The van der Waals surface area contributed by atoms with Gasteiger partial charge < -0.3 is 18.3 Å². The van der Waals surface area contributed by atoms with Crippen molar-refractivity contribution in [3.63, 3.8) is 0 Å². The lowest BCUT2D eigenvalue weighted by atomic mass is 9.37. The van der Waals surface area contributed by atoms with Crippen LogP contribution in [-0.2, 0) is 0 Å². The molecule has 0 fully saturated rings. The second kappa shape index (κ2) is 27.2. The molecule has 0 bridgehead atoms. The zero-order chi connectivity index (χ0) is 72.6. The van der Waals surface area contributed by atoms with E-state index in [4.69, 9.17) is 0 Å². The number of aromatic nitrogens is 4. The Morgan fingerprint density at radius 3 is 0.600 bits per heavy atom. The minimum Gasteiger partial charge on any atom is -0.309 e. The molecular formula is C102H70B4N4. The number of hydrogen-bond acceptors (Lipinski definition) is 0. The van der Waals surface area contributed by atoms with E-state index in [2.05, 4.69) is 443 Å². The maximum atomic E-state index is 2.59. The van der Waals surface area contributed by atoms with E-state index in [1.54, 1.807) is 0 Å². The molecule has 4 aromatic heterocycles. The third-order valence-corrected chi connectivity index (χ3v) is 23.2. The van der Waals surface area contributed by atoms with E-state index in [1.165, 1.54) is 109 Å². The lowest BCUT2D eigenvalue weighted by molar-refractivity contribution is 1.12. The van der Waals surface area contributed by atoms with Crippen molar-refractivity contribution in [2.45, 2.75) is 0 Å². The Balaban J connectivity index is 0.826. The molecule has 510 valence electrons. The van der Waals surface area contributed by atoms with Crippen LogP contribution in [0.4, 0.5) is 0 Å². The van der Waals surface area contributed by atoms with Crippen molar-refractivity contribution >= 4 is 180 Å². The van der Waals surface area contributed by atoms with Crippen molar-refractivity contribution in [2.24, 2.45) is 0 Å². The van der Waals surface area contributed by atoms with E-state index in [0.717, 1.165) is 66.9 Å². The number of rotatable bonds is 16. The molecular weight excluding hydrogens is 1320 g/mol. The lowest BCUT2D eigenvalue weighted by Gasteiger charge is -2.17. The molecule has 17 aromatic carbocycles. The van der Waals surface area contributed by atoms with Gasteiger partial charge in [-0.25, -0.2) is 0 Å². The summed E-state index contributed by atoms with van der Waals surface area (Å²) in [5.74, 6) is 0. The first-order chi connectivity index (χ1) is 54.6. The Hall–Kier alpha value is -13.8. The van der Waals surface area contributed by atoms with Crippen LogP contribution in [0.2, 0.25) is 0 Å². The standard InChI is InChI=1S/C102H70B4N4/c1-9-31-71(32-10-1)103(72-33-11-2-12-34-72)79-55-61-97-91(65-79)87-51-25-27-53-95(87)107(97)83-47-29-49-85(69-83)109-99-63-57-81(105(75-39-17-5-18-40-75)76-41-19-6-20-42-76)67-93(99)89-59-60-90-94-68-82(106(77-43-21-7-22-44-77)78-45-23-8-24-46-78)58-64-100(94)110(102(90)101(89)109)86-50-30-48-84(70-86)108-96-54-28-26-52-88(96)92-66-80(56-62-98(92)108)104(73-35-13-3-14-36-73)74-37-15-4-16-38-74/h1-70H. The van der Waals surface area contributed by atoms with E-state index in [-0.39, 0.29) is 26.9 Å². The van der Waals surface area contributed by atoms with Crippen LogP contribution in [-0.4, -0.2) is 45.1 Å². The molecule has 4 heterocycles. The van der Waals surface area contributed by atoms with Gasteiger partial charge in [-0.3, -0.25) is 0 Å². The summed E-state index contributed by atoms with van der Waals surface area (Å²) < 4.78 is 10.2. The normalized spacial score (nSPS) is 11.6. The average Bonchev–Trinajstić information content (AvgIpc) is 1.54. The van der Waals surface area contributed by atoms with Crippen molar-refractivity contribution in [1.82, 2.24) is 18.3 Å². The quantitative estimate of drug-likeness (QED) is 0.0859. The molecule has 21 rings (SSSR count). The fourth-order valence-electron chi connectivity index (χ4n) is 18.4. The molecule has 0 spiro atoms. The monoisotopic (exact) mass is 1390 g/mol. The Morgan fingerprint density at radius 1 is 0.127 bits per heavy atom. The highest BCUT2D eigenvalue weighted by atomic mass is 15.1. The van der Waals surface area contributed by atoms with E-state index in [9.17, 15) is 0 Å². The van der Waals surface area contributed by atoms with Crippen molar-refractivity contribution in [3.8, 4) is 22.7 Å². The highest BCUT2D eigenvalue weighted by molar-refractivity contribution is 6.97. The zero-order valence-electron chi connectivity index (χ0n) is 60.5. The van der Waals surface area contributed by atoms with Crippen molar-refractivity contribution in [2.75, 3.05) is 0 Å². The minimum absolute atomic E-state index is 0.0184. The Morgan fingerprint density at radius 2 is 0.336 bits per heavy atom. The predicted molar refractivity (Wildman–Crippen MR) is 474 cm³/mol. The van der Waals surface area contributed by atoms with Crippen LogP contribution in [0.5, 0.6) is 0 Å². The Labute approximate surface area is 641 Å². The summed E-state index contributed by atoms with van der Waals surface area (Å²) in [6.07, 6.45) is 0. The highest BCUT2D eigenvalue weighted by Gasteiger charge is 2.31. The zero-order valence-corrected chi connectivity index (χ0v) is 60.5. The summed E-state index contributed by atoms with van der Waals surface area (Å²) in [7, 11) is 0. The maximum Gasteiger partial charge on any atom is 0.241 e. The molecule has 0 saturated carbocycles. The number of hydrogen-bond donors (Lipinski definition) is 0. The number of fused-ring (bicyclic) bond motifs is 13. The van der Waals surface area contributed by atoms with Gasteiger partial charge in [0.2, 0.25) is 26.9 Å². The van der Waals surface area contributed by atoms with Gasteiger partial charge in [0, 0.05) is 65.8 Å². The third kappa shape index (κ3) is 11.0. The van der Waals surface area contributed by atoms with Crippen LogP contribution < -0.4 is 65.6 Å². The maximum absolute atomic E-state index is 2.59. The number of nitrogens with zero attached hydrogens (tertiary/aromatic N) is 4. The molecule has 0 amide bonds. The van der Waals surface area contributed by atoms with Gasteiger partial charge in [0.05, 0.1) is 44.1 Å². The molecule has 0 aliphatic rings. The summed E-state index contributed by atoms with van der Waals surface area (Å²) in [5, 5.41) is 9.57. The summed E-state index contributed by atoms with van der Waals surface area (Å²) in [4.78, 5) is 0. The van der Waals surface area contributed by atoms with Gasteiger partial charge in [-0.05, 0) is 72.8 Å². The minimum atomic E-state index is -0.0184. The predicted octanol–water partition coefficient (Wildman–Crippen LogP) is 16.1. The highest BCUT2D eigenvalue weighted by Crippen LogP contribution is 2.43. The van der Waals surface area contributed by atoms with Crippen LogP contribution in [0, 0.1) is 0 Å². The van der Waals surface area contributed by atoms with E-state index >= 15 is 0 Å². The van der Waals surface area contributed by atoms with Gasteiger partial charge in [-0.2, -0.15) is 0 Å². The molecule has 4 nitrogen and oxygen atoms in total. The van der Waals surface area contributed by atoms with Gasteiger partial charge in [0.1, 0.15) is 0 Å². The molecule has 0 radical (unpaired) electrons. The molecule has 0 saturated heterocycles. The summed E-state index contributed by atoms with van der Waals surface area (Å²) in [5.41, 5.74) is 28.4. The van der Waals surface area contributed by atoms with Crippen LogP contribution in [0.1, 0.15) is 0 Å². The van der Waals surface area contributed by atoms with Crippen LogP contribution in [0.15, 0.2) is 425 Å². The van der Waals surface area contributed by atoms with Gasteiger partial charge in [0.25, 0.3) is 0 Å². The molecule has 0 N–H and O–H groups in total. The first-order valence-electron chi connectivity index (χ1n) is 38.3. The van der Waals surface area contributed by atoms with Gasteiger partial charge in [-0.1, -0.05) is 417 Å². The Kier molecular flexibility index (Phi) is 16.0. The van der Waals surface area contributed by atoms with E-state index in [1.807, 2.05) is 0 Å². The SMILES string of the molecule is c1ccc(B(c2ccccc2)c2ccc3c(c2)c2ccccc2n3-c2cccc(-n3c4ccc(B(c5ccccc5)c5ccccc5)cc4c4ccc5c6cc(B(c7ccccc7)c7ccccc7)ccc6n(-c6cccc(-n7c8ccccc8c8cc(B(c9ccccc9)c9ccccc9)ccc87)c6)c5c43)c2)cc1. The molecule has 0 unspecified atom stereocenters. The largest absolute Gasteiger partial charge is 0.309 e. The molecule has 110 heavy (non-hydrogen) atoms. The van der Waals surface area contributed by atoms with Crippen molar-refractivity contribution in [1.29, 1.82) is 0 Å². The fourth-order valence-corrected chi connectivity index (χ4v) is 18.4. The summed E-state index contributed by atoms with van der Waals surface area (Å²) in [6.45, 7) is 0.0664. The van der Waals surface area contributed by atoms with E-state index < -0.39 is 0 Å². The van der Waals surface area contributed by atoms with Gasteiger partial charge >= 0.3 is 0 Å². The number of para-hydroxylation sites is 2. The number of benzene rings is 17. The van der Waals surface area contributed by atoms with E-state index in [0.29, 0.717) is 0 Å². The summed E-state index contributed by atoms with van der Waals surface area (Å²) >= 11 is 0. The van der Waals surface area contributed by atoms with Crippen LogP contribution >= 0.6 is 0 Å². The van der Waals surface area contributed by atoms with Gasteiger partial charge in [-0.15, -0.1) is 0 Å². The molecule has 8 heteroatoms. The molecule has 21 aromatic rings. The third-order valence-electron chi connectivity index (χ3n) is 23.2.